The van der Waals surface area contributed by atoms with Crippen molar-refractivity contribution in [2.75, 3.05) is 0 Å². The van der Waals surface area contributed by atoms with Gasteiger partial charge < -0.3 is 0 Å². The van der Waals surface area contributed by atoms with Crippen molar-refractivity contribution in [2.24, 2.45) is 0 Å². The molecule has 12 heavy (non-hydrogen) atoms. The molecular formula is C9H7IN2. The van der Waals surface area contributed by atoms with Gasteiger partial charge in [-0.2, -0.15) is 0 Å². The summed E-state index contributed by atoms with van der Waals surface area (Å²) >= 11 is 2.20. The summed E-state index contributed by atoms with van der Waals surface area (Å²) in [4.78, 5) is 8.50. The standard InChI is InChI=1S/C9H7IN2/c1-6-5-8(10)12-9-7(6)3-2-4-11-9/h2-5H,1H3. The van der Waals surface area contributed by atoms with Crippen LogP contribution in [-0.2, 0) is 0 Å². The zero-order valence-electron chi connectivity index (χ0n) is 6.58. The number of hydrogen-bond donors (Lipinski definition) is 0. The molecule has 0 saturated heterocycles. The maximum Gasteiger partial charge on any atom is 0.160 e. The van der Waals surface area contributed by atoms with Crippen LogP contribution < -0.4 is 0 Å². The van der Waals surface area contributed by atoms with Crippen LogP contribution in [0.3, 0.4) is 0 Å². The predicted octanol–water partition coefficient (Wildman–Crippen LogP) is 2.54. The molecular weight excluding hydrogens is 263 g/mol. The van der Waals surface area contributed by atoms with E-state index in [4.69, 9.17) is 0 Å². The highest BCUT2D eigenvalue weighted by Crippen LogP contribution is 2.15. The van der Waals surface area contributed by atoms with Crippen LogP contribution in [0, 0.1) is 10.6 Å². The molecule has 0 aromatic carbocycles. The van der Waals surface area contributed by atoms with Crippen LogP contribution in [0.1, 0.15) is 5.56 Å². The van der Waals surface area contributed by atoms with Crippen molar-refractivity contribution in [3.05, 3.63) is 33.7 Å². The summed E-state index contributed by atoms with van der Waals surface area (Å²) in [6, 6.07) is 6.04. The van der Waals surface area contributed by atoms with Gasteiger partial charge in [0.15, 0.2) is 5.65 Å². The first-order valence-electron chi connectivity index (χ1n) is 3.65. The van der Waals surface area contributed by atoms with E-state index in [0.717, 1.165) is 14.7 Å². The topological polar surface area (TPSA) is 25.8 Å². The molecule has 60 valence electrons. The van der Waals surface area contributed by atoms with E-state index in [1.165, 1.54) is 5.56 Å². The van der Waals surface area contributed by atoms with Gasteiger partial charge in [0.05, 0.1) is 0 Å². The van der Waals surface area contributed by atoms with Crippen molar-refractivity contribution < 1.29 is 0 Å². The van der Waals surface area contributed by atoms with Gasteiger partial charge in [-0.25, -0.2) is 9.97 Å². The number of hydrogen-bond acceptors (Lipinski definition) is 2. The van der Waals surface area contributed by atoms with Crippen LogP contribution in [0.5, 0.6) is 0 Å². The molecule has 2 rings (SSSR count). The van der Waals surface area contributed by atoms with Crippen molar-refractivity contribution in [3.63, 3.8) is 0 Å². The van der Waals surface area contributed by atoms with Crippen LogP contribution in [0.15, 0.2) is 24.4 Å². The molecule has 0 aliphatic heterocycles. The van der Waals surface area contributed by atoms with Crippen molar-refractivity contribution in [1.29, 1.82) is 0 Å². The molecule has 0 radical (unpaired) electrons. The van der Waals surface area contributed by atoms with E-state index in [1.54, 1.807) is 6.20 Å². The Hall–Kier alpha value is -0.710. The summed E-state index contributed by atoms with van der Waals surface area (Å²) in [5.74, 6) is 0. The van der Waals surface area contributed by atoms with Crippen molar-refractivity contribution >= 4 is 33.6 Å². The lowest BCUT2D eigenvalue weighted by molar-refractivity contribution is 1.23. The maximum absolute atomic E-state index is 4.31. The Balaban J connectivity index is 2.89. The zero-order chi connectivity index (χ0) is 8.55. The number of aromatic nitrogens is 2. The number of nitrogens with zero attached hydrogens (tertiary/aromatic N) is 2. The highest BCUT2D eigenvalue weighted by Gasteiger charge is 1.99. The Labute approximate surface area is 84.2 Å². The average molecular weight is 270 g/mol. The fourth-order valence-corrected chi connectivity index (χ4v) is 1.88. The zero-order valence-corrected chi connectivity index (χ0v) is 8.74. The molecule has 2 heterocycles. The van der Waals surface area contributed by atoms with Gasteiger partial charge in [0.25, 0.3) is 0 Å². The van der Waals surface area contributed by atoms with Gasteiger partial charge in [-0.05, 0) is 53.3 Å². The molecule has 0 N–H and O–H groups in total. The van der Waals surface area contributed by atoms with E-state index in [0.29, 0.717) is 0 Å². The molecule has 2 nitrogen and oxygen atoms in total. The summed E-state index contributed by atoms with van der Waals surface area (Å²) in [6.45, 7) is 2.08. The predicted molar refractivity (Wildman–Crippen MR) is 57.0 cm³/mol. The quantitative estimate of drug-likeness (QED) is 0.543. The molecule has 0 unspecified atom stereocenters. The molecule has 0 spiro atoms. The first kappa shape index (κ1) is 7.91. The van der Waals surface area contributed by atoms with Crippen molar-refractivity contribution in [3.8, 4) is 0 Å². The molecule has 0 atom stereocenters. The Morgan fingerprint density at radius 3 is 3.08 bits per heavy atom. The van der Waals surface area contributed by atoms with Gasteiger partial charge in [0, 0.05) is 11.6 Å². The summed E-state index contributed by atoms with van der Waals surface area (Å²) < 4.78 is 0.997. The minimum absolute atomic E-state index is 0.835. The summed E-state index contributed by atoms with van der Waals surface area (Å²) in [6.07, 6.45) is 1.77. The third kappa shape index (κ3) is 1.29. The van der Waals surface area contributed by atoms with E-state index in [1.807, 2.05) is 12.1 Å². The highest BCUT2D eigenvalue weighted by molar-refractivity contribution is 14.1. The van der Waals surface area contributed by atoms with E-state index < -0.39 is 0 Å². The molecule has 0 aliphatic rings. The first-order chi connectivity index (χ1) is 5.77. The van der Waals surface area contributed by atoms with Gasteiger partial charge >= 0.3 is 0 Å². The number of fused-ring (bicyclic) bond motifs is 1. The molecule has 0 saturated carbocycles. The molecule has 0 aliphatic carbocycles. The average Bonchev–Trinajstić information content (AvgIpc) is 2.04. The third-order valence-electron chi connectivity index (χ3n) is 1.76. The lowest BCUT2D eigenvalue weighted by Crippen LogP contribution is -1.88. The smallest absolute Gasteiger partial charge is 0.160 e. The molecule has 3 heteroatoms. The Morgan fingerprint density at radius 1 is 1.42 bits per heavy atom. The largest absolute Gasteiger partial charge is 0.237 e. The lowest BCUT2D eigenvalue weighted by Gasteiger charge is -1.99. The second-order valence-electron chi connectivity index (χ2n) is 2.64. The summed E-state index contributed by atoms with van der Waals surface area (Å²) in [7, 11) is 0. The van der Waals surface area contributed by atoms with E-state index in [9.17, 15) is 0 Å². The maximum atomic E-state index is 4.31. The number of rotatable bonds is 0. The Kier molecular flexibility index (Phi) is 1.96. The van der Waals surface area contributed by atoms with Crippen LogP contribution in [0.2, 0.25) is 0 Å². The fraction of sp³-hybridized carbons (Fsp3) is 0.111. The number of aryl methyl sites for hydroxylation is 1. The van der Waals surface area contributed by atoms with Gasteiger partial charge in [-0.1, -0.05) is 0 Å². The second kappa shape index (κ2) is 2.97. The van der Waals surface area contributed by atoms with E-state index in [-0.39, 0.29) is 0 Å². The first-order valence-corrected chi connectivity index (χ1v) is 4.73. The van der Waals surface area contributed by atoms with Gasteiger partial charge in [0.2, 0.25) is 0 Å². The van der Waals surface area contributed by atoms with Crippen LogP contribution >= 0.6 is 22.6 Å². The number of halogens is 1. The molecule has 2 aromatic rings. The Bertz CT molecular complexity index is 426. The summed E-state index contributed by atoms with van der Waals surface area (Å²) in [5, 5.41) is 1.14. The fourth-order valence-electron chi connectivity index (χ4n) is 1.18. The van der Waals surface area contributed by atoms with E-state index >= 15 is 0 Å². The normalized spacial score (nSPS) is 10.5. The second-order valence-corrected chi connectivity index (χ2v) is 3.74. The van der Waals surface area contributed by atoms with Crippen LogP contribution in [0.25, 0.3) is 11.0 Å². The Morgan fingerprint density at radius 2 is 2.25 bits per heavy atom. The lowest BCUT2D eigenvalue weighted by atomic mass is 10.2. The third-order valence-corrected chi connectivity index (χ3v) is 2.31. The highest BCUT2D eigenvalue weighted by atomic mass is 127. The van der Waals surface area contributed by atoms with E-state index in [2.05, 4.69) is 45.5 Å². The molecule has 2 aromatic heterocycles. The molecule has 0 amide bonds. The SMILES string of the molecule is Cc1cc(I)nc2ncccc12. The van der Waals surface area contributed by atoms with Gasteiger partial charge in [0.1, 0.15) is 3.70 Å². The van der Waals surface area contributed by atoms with Crippen LogP contribution in [0.4, 0.5) is 0 Å². The van der Waals surface area contributed by atoms with Gasteiger partial charge in [-0.15, -0.1) is 0 Å². The number of pyridine rings is 2. The monoisotopic (exact) mass is 270 g/mol. The summed E-state index contributed by atoms with van der Waals surface area (Å²) in [5.41, 5.74) is 2.07. The van der Waals surface area contributed by atoms with Crippen LogP contribution in [-0.4, -0.2) is 9.97 Å². The minimum atomic E-state index is 0.835. The van der Waals surface area contributed by atoms with Gasteiger partial charge in [-0.3, -0.25) is 0 Å². The minimum Gasteiger partial charge on any atom is -0.237 e. The van der Waals surface area contributed by atoms with Crippen molar-refractivity contribution in [2.45, 2.75) is 6.92 Å². The molecule has 0 fully saturated rings. The molecule has 0 bridgehead atoms. The van der Waals surface area contributed by atoms with Crippen molar-refractivity contribution in [1.82, 2.24) is 9.97 Å².